The highest BCUT2D eigenvalue weighted by Gasteiger charge is 2.23. The molecule has 1 aliphatic rings. The number of hydrogen-bond acceptors (Lipinski definition) is 2. The largest absolute Gasteiger partial charge is 0.703 e. The molecule has 1 aromatic heterocycles. The Hall–Kier alpha value is -0.640. The Labute approximate surface area is 90.5 Å². The zero-order chi connectivity index (χ0) is 10.1. The molecular formula is C10H17N3S. The zero-order valence-corrected chi connectivity index (χ0v) is 9.68. The van der Waals surface area contributed by atoms with Gasteiger partial charge in [-0.2, -0.15) is 0 Å². The van der Waals surface area contributed by atoms with E-state index in [2.05, 4.69) is 16.6 Å². The van der Waals surface area contributed by atoms with Crippen LogP contribution in [0.4, 0.5) is 0 Å². The van der Waals surface area contributed by atoms with E-state index >= 15 is 0 Å². The molecule has 4 heteroatoms. The van der Waals surface area contributed by atoms with Crippen molar-refractivity contribution in [3.05, 3.63) is 5.82 Å². The average Bonchev–Trinajstić information content (AvgIpc) is 2.43. The van der Waals surface area contributed by atoms with Gasteiger partial charge in [0.05, 0.1) is 13.1 Å². The summed E-state index contributed by atoms with van der Waals surface area (Å²) in [5.41, 5.74) is 0. The van der Waals surface area contributed by atoms with Crippen LogP contribution in [0.3, 0.4) is 0 Å². The molecule has 1 aromatic rings. The summed E-state index contributed by atoms with van der Waals surface area (Å²) in [5, 5.41) is 5.03. The van der Waals surface area contributed by atoms with Crippen molar-refractivity contribution in [3.63, 3.8) is 0 Å². The summed E-state index contributed by atoms with van der Waals surface area (Å²) in [5.74, 6) is 1.18. The Bertz CT molecular complexity index is 326. The van der Waals surface area contributed by atoms with E-state index in [0.29, 0.717) is 6.04 Å². The molecule has 0 aliphatic heterocycles. The lowest BCUT2D eigenvalue weighted by molar-refractivity contribution is -0.765. The maximum atomic E-state index is 5.27. The van der Waals surface area contributed by atoms with Crippen LogP contribution in [0.25, 0.3) is 0 Å². The summed E-state index contributed by atoms with van der Waals surface area (Å²) >= 11 is 5.27. The fourth-order valence-corrected chi connectivity index (χ4v) is 2.71. The highest BCUT2D eigenvalue weighted by atomic mass is 32.1. The fraction of sp³-hybridized carbons (Fsp3) is 0.800. The minimum absolute atomic E-state index is 0.602. The van der Waals surface area contributed by atoms with Crippen molar-refractivity contribution in [3.8, 4) is 0 Å². The third kappa shape index (κ3) is 1.63. The van der Waals surface area contributed by atoms with Crippen molar-refractivity contribution in [1.82, 2.24) is 9.78 Å². The topological polar surface area (TPSA) is 21.7 Å². The van der Waals surface area contributed by atoms with E-state index in [9.17, 15) is 0 Å². The van der Waals surface area contributed by atoms with Crippen LogP contribution in [-0.2, 0) is 19.7 Å². The molecule has 1 heterocycles. The predicted octanol–water partition coefficient (Wildman–Crippen LogP) is 1.43. The first-order chi connectivity index (χ1) is 6.70. The maximum absolute atomic E-state index is 5.27. The molecule has 0 aromatic carbocycles. The van der Waals surface area contributed by atoms with E-state index in [-0.39, 0.29) is 0 Å². The minimum Gasteiger partial charge on any atom is -0.703 e. The second kappa shape index (κ2) is 3.85. The number of rotatable bonds is 1. The monoisotopic (exact) mass is 211 g/mol. The van der Waals surface area contributed by atoms with Crippen molar-refractivity contribution >= 4 is 12.6 Å². The lowest BCUT2D eigenvalue weighted by atomic mass is 9.95. The van der Waals surface area contributed by atoms with Crippen molar-refractivity contribution in [2.45, 2.75) is 50.2 Å². The average molecular weight is 211 g/mol. The highest BCUT2D eigenvalue weighted by molar-refractivity contribution is 7.58. The molecule has 1 fully saturated rings. The number of aromatic nitrogens is 3. The standard InChI is InChI=1S/C10H17N3S/c1-8-12(2)11-10(14)13(8)9-6-4-3-5-7-9/h9H,3-7H2,1-2H3. The summed E-state index contributed by atoms with van der Waals surface area (Å²) in [6, 6.07) is 0.602. The van der Waals surface area contributed by atoms with E-state index in [0.717, 1.165) is 5.16 Å². The molecule has 1 saturated carbocycles. The van der Waals surface area contributed by atoms with E-state index < -0.39 is 0 Å². The summed E-state index contributed by atoms with van der Waals surface area (Å²) in [4.78, 5) is 0. The highest BCUT2D eigenvalue weighted by Crippen LogP contribution is 2.24. The molecule has 0 saturated heterocycles. The molecule has 14 heavy (non-hydrogen) atoms. The molecule has 78 valence electrons. The number of hydrogen-bond donors (Lipinski definition) is 0. The molecule has 0 unspecified atom stereocenters. The van der Waals surface area contributed by atoms with E-state index in [1.54, 1.807) is 0 Å². The van der Waals surface area contributed by atoms with Gasteiger partial charge in [-0.1, -0.05) is 6.42 Å². The Morgan fingerprint density at radius 3 is 2.50 bits per heavy atom. The first-order valence-corrected chi connectivity index (χ1v) is 5.73. The second-order valence-corrected chi connectivity index (χ2v) is 4.48. The lowest BCUT2D eigenvalue weighted by Gasteiger charge is -2.22. The smallest absolute Gasteiger partial charge is 0.231 e. The van der Waals surface area contributed by atoms with Crippen LogP contribution in [-0.4, -0.2) is 9.78 Å². The molecule has 0 radical (unpaired) electrons. The van der Waals surface area contributed by atoms with Crippen LogP contribution < -0.4 is 4.57 Å². The van der Waals surface area contributed by atoms with Crippen LogP contribution >= 0.6 is 0 Å². The van der Waals surface area contributed by atoms with Crippen LogP contribution in [0.1, 0.15) is 44.0 Å². The minimum atomic E-state index is 0.602. The molecule has 0 amide bonds. The predicted molar refractivity (Wildman–Crippen MR) is 55.9 cm³/mol. The van der Waals surface area contributed by atoms with Gasteiger partial charge >= 0.3 is 0 Å². The van der Waals surface area contributed by atoms with Gasteiger partial charge in [0, 0.05) is 12.0 Å². The van der Waals surface area contributed by atoms with E-state index in [1.165, 1.54) is 37.9 Å². The van der Waals surface area contributed by atoms with Crippen LogP contribution in [0.15, 0.2) is 5.16 Å². The van der Waals surface area contributed by atoms with Crippen molar-refractivity contribution in [2.75, 3.05) is 0 Å². The van der Waals surface area contributed by atoms with Gasteiger partial charge in [0.25, 0.3) is 0 Å². The van der Waals surface area contributed by atoms with Crippen molar-refractivity contribution in [2.24, 2.45) is 7.05 Å². The van der Waals surface area contributed by atoms with Crippen molar-refractivity contribution < 1.29 is 4.57 Å². The van der Waals surface area contributed by atoms with Gasteiger partial charge in [-0.05, 0) is 25.7 Å². The fourth-order valence-electron chi connectivity index (χ4n) is 2.30. The molecule has 3 nitrogen and oxygen atoms in total. The van der Waals surface area contributed by atoms with E-state index in [4.69, 9.17) is 12.6 Å². The van der Waals surface area contributed by atoms with Crippen LogP contribution in [0.2, 0.25) is 0 Å². The second-order valence-electron chi connectivity index (χ2n) is 4.12. The molecule has 0 spiro atoms. The van der Waals surface area contributed by atoms with Crippen LogP contribution in [0.5, 0.6) is 0 Å². The van der Waals surface area contributed by atoms with Gasteiger partial charge in [-0.3, -0.25) is 0 Å². The number of aryl methyl sites for hydroxylation is 1. The SMILES string of the molecule is Cc1n(C)nc([S-])[n+]1C1CCCCC1. The summed E-state index contributed by atoms with van der Waals surface area (Å²) in [7, 11) is 1.96. The molecule has 2 rings (SSSR count). The molecule has 0 N–H and O–H groups in total. The van der Waals surface area contributed by atoms with Gasteiger partial charge in [0.1, 0.15) is 0 Å². The number of nitrogens with zero attached hydrogens (tertiary/aromatic N) is 3. The quantitative estimate of drug-likeness (QED) is 0.518. The first-order valence-electron chi connectivity index (χ1n) is 5.32. The third-order valence-corrected chi connectivity index (χ3v) is 3.48. The Kier molecular flexibility index (Phi) is 2.72. The summed E-state index contributed by atoms with van der Waals surface area (Å²) in [6.07, 6.45) is 6.58. The van der Waals surface area contributed by atoms with Gasteiger partial charge in [0.15, 0.2) is 5.16 Å². The van der Waals surface area contributed by atoms with Gasteiger partial charge in [-0.15, -0.1) is 4.68 Å². The summed E-state index contributed by atoms with van der Waals surface area (Å²) in [6.45, 7) is 2.09. The molecule has 0 atom stereocenters. The zero-order valence-electron chi connectivity index (χ0n) is 8.86. The molecule has 0 bridgehead atoms. The molecule has 1 aliphatic carbocycles. The Morgan fingerprint density at radius 2 is 2.00 bits per heavy atom. The van der Waals surface area contributed by atoms with Crippen molar-refractivity contribution in [1.29, 1.82) is 0 Å². The Morgan fingerprint density at radius 1 is 1.36 bits per heavy atom. The lowest BCUT2D eigenvalue weighted by Crippen LogP contribution is -2.44. The molecular weight excluding hydrogens is 194 g/mol. The maximum Gasteiger partial charge on any atom is 0.231 e. The van der Waals surface area contributed by atoms with Crippen LogP contribution in [0, 0.1) is 6.92 Å². The first kappa shape index (κ1) is 9.90. The van der Waals surface area contributed by atoms with Gasteiger partial charge in [-0.25, -0.2) is 4.57 Å². The van der Waals surface area contributed by atoms with Gasteiger partial charge in [0.2, 0.25) is 5.82 Å². The Balaban J connectivity index is 2.29. The normalized spacial score (nSPS) is 18.7. The van der Waals surface area contributed by atoms with E-state index in [1.807, 2.05) is 11.7 Å². The third-order valence-electron chi connectivity index (χ3n) is 3.20. The van der Waals surface area contributed by atoms with Gasteiger partial charge < -0.3 is 12.6 Å². The summed E-state index contributed by atoms with van der Waals surface area (Å²) < 4.78 is 4.12.